The third-order valence-electron chi connectivity index (χ3n) is 10.6. The van der Waals surface area contributed by atoms with Crippen molar-refractivity contribution in [3.05, 3.63) is 84.7 Å². The van der Waals surface area contributed by atoms with E-state index in [1.54, 1.807) is 0 Å². The lowest BCUT2D eigenvalue weighted by Crippen LogP contribution is -2.73. The Kier molecular flexibility index (Phi) is 11.0. The average Bonchev–Trinajstić information content (AvgIpc) is 2.97. The molecule has 3 atom stereocenters. The molecule has 2 aromatic rings. The molecule has 1 fully saturated rings. The van der Waals surface area contributed by atoms with E-state index in [1.165, 1.54) is 10.4 Å². The SMILES string of the molecule is CC(C)[Si]1(C(C)C)OC[C@@]2(C)OC=C(/C=C\CO[Si](C)(C)C(C)(C)C)[C@H](O[Si](c3ccccc3)(c3ccccc3)C(C)(C)C)[C@@H]2O1. The van der Waals surface area contributed by atoms with E-state index in [-0.39, 0.29) is 33.4 Å². The van der Waals surface area contributed by atoms with Crippen LogP contribution in [0.4, 0.5) is 0 Å². The number of hydrogen-bond donors (Lipinski definition) is 0. The van der Waals surface area contributed by atoms with Gasteiger partial charge in [0.15, 0.2) is 13.9 Å². The molecule has 0 bridgehead atoms. The van der Waals surface area contributed by atoms with E-state index in [1.807, 2.05) is 6.26 Å². The molecule has 2 aromatic carbocycles. The van der Waals surface area contributed by atoms with Crippen LogP contribution in [0.1, 0.15) is 76.2 Å². The number of hydrogen-bond acceptors (Lipinski definition) is 5. The number of rotatable bonds is 10. The maximum atomic E-state index is 7.92. The van der Waals surface area contributed by atoms with Crippen molar-refractivity contribution in [2.45, 2.75) is 128 Å². The summed E-state index contributed by atoms with van der Waals surface area (Å²) in [7, 11) is -7.50. The Morgan fingerprint density at radius 2 is 1.39 bits per heavy atom. The molecule has 254 valence electrons. The highest BCUT2D eigenvalue weighted by molar-refractivity contribution is 6.99. The molecule has 0 radical (unpaired) electrons. The van der Waals surface area contributed by atoms with Crippen LogP contribution in [0.25, 0.3) is 0 Å². The van der Waals surface area contributed by atoms with Crippen LogP contribution in [-0.2, 0) is 22.4 Å². The molecule has 0 saturated carbocycles. The minimum Gasteiger partial charge on any atom is -0.490 e. The van der Waals surface area contributed by atoms with Gasteiger partial charge in [-0.15, -0.1) is 0 Å². The van der Waals surface area contributed by atoms with Gasteiger partial charge in [0.25, 0.3) is 8.32 Å². The predicted molar refractivity (Wildman–Crippen MR) is 199 cm³/mol. The zero-order chi connectivity index (χ0) is 34.2. The summed E-state index contributed by atoms with van der Waals surface area (Å²) in [6, 6.07) is 21.7. The first kappa shape index (κ1) is 37.0. The van der Waals surface area contributed by atoms with Crippen molar-refractivity contribution < 1.29 is 22.4 Å². The zero-order valence-corrected chi connectivity index (χ0v) is 33.8. The van der Waals surface area contributed by atoms with Gasteiger partial charge in [0.2, 0.25) is 0 Å². The molecular weight excluding hydrogens is 621 g/mol. The van der Waals surface area contributed by atoms with Gasteiger partial charge in [-0.2, -0.15) is 0 Å². The Morgan fingerprint density at radius 3 is 1.85 bits per heavy atom. The topological polar surface area (TPSA) is 46.2 Å². The first-order chi connectivity index (χ1) is 21.3. The zero-order valence-electron chi connectivity index (χ0n) is 30.8. The van der Waals surface area contributed by atoms with Crippen LogP contribution in [0, 0.1) is 0 Å². The minimum atomic E-state index is -2.95. The molecular formula is C38H60O5Si3. The Labute approximate surface area is 283 Å². The second kappa shape index (κ2) is 13.6. The largest absolute Gasteiger partial charge is 0.490 e. The summed E-state index contributed by atoms with van der Waals surface area (Å²) >= 11 is 0. The van der Waals surface area contributed by atoms with Gasteiger partial charge in [-0.1, -0.05) is 142 Å². The third-order valence-corrected chi connectivity index (χ3v) is 24.5. The van der Waals surface area contributed by atoms with Gasteiger partial charge in [-0.25, -0.2) is 0 Å². The molecule has 46 heavy (non-hydrogen) atoms. The van der Waals surface area contributed by atoms with Crippen molar-refractivity contribution in [2.24, 2.45) is 0 Å². The van der Waals surface area contributed by atoms with Gasteiger partial charge in [-0.3, -0.25) is 0 Å². The summed E-state index contributed by atoms with van der Waals surface area (Å²) in [6.07, 6.45) is 5.47. The quantitative estimate of drug-likeness (QED) is 0.235. The van der Waals surface area contributed by atoms with E-state index in [9.17, 15) is 0 Å². The lowest BCUT2D eigenvalue weighted by atomic mass is 9.89. The molecule has 5 nitrogen and oxygen atoms in total. The molecule has 0 N–H and O–H groups in total. The fraction of sp³-hybridized carbons (Fsp3) is 0.579. The van der Waals surface area contributed by atoms with Crippen LogP contribution >= 0.6 is 0 Å². The highest BCUT2D eigenvalue weighted by atomic mass is 28.4. The van der Waals surface area contributed by atoms with Crippen LogP contribution in [0.5, 0.6) is 0 Å². The van der Waals surface area contributed by atoms with Crippen LogP contribution in [0.3, 0.4) is 0 Å². The summed E-state index contributed by atoms with van der Waals surface area (Å²) < 4.78 is 35.2. The molecule has 2 aliphatic rings. The fourth-order valence-corrected chi connectivity index (χ4v) is 16.2. The molecule has 0 aromatic heterocycles. The highest BCUT2D eigenvalue weighted by Crippen LogP contribution is 2.48. The first-order valence-electron chi connectivity index (χ1n) is 17.1. The third kappa shape index (κ3) is 7.00. The standard InChI is InChI=1S/C38H60O5Si3/c1-29(2)46(30(3)4)41-28-38(11)35(43-46)34(31(27-39-38)21-20-26-40-44(12,13)36(5,6)7)42-45(37(8,9)10,32-22-16-14-17-23-32)33-24-18-15-19-25-33/h14-25,27,29-30,34-35H,26,28H2,1-13H3/b21-20-/t34-,35-,38+/m0/s1. The van der Waals surface area contributed by atoms with Crippen molar-refractivity contribution in [3.63, 3.8) is 0 Å². The minimum absolute atomic E-state index is 0.141. The molecule has 1 saturated heterocycles. The highest BCUT2D eigenvalue weighted by Gasteiger charge is 2.62. The van der Waals surface area contributed by atoms with Gasteiger partial charge in [-0.05, 0) is 51.6 Å². The molecule has 0 amide bonds. The van der Waals surface area contributed by atoms with Crippen molar-refractivity contribution in [1.82, 2.24) is 0 Å². The molecule has 8 heteroatoms. The second-order valence-corrected chi connectivity index (χ2v) is 29.9. The van der Waals surface area contributed by atoms with E-state index in [0.717, 1.165) is 5.57 Å². The number of benzene rings is 2. The monoisotopic (exact) mass is 680 g/mol. The predicted octanol–water partition coefficient (Wildman–Crippen LogP) is 8.86. The Hall–Kier alpha value is -1.79. The summed E-state index contributed by atoms with van der Waals surface area (Å²) in [4.78, 5) is 0. The Morgan fingerprint density at radius 1 is 0.870 bits per heavy atom. The molecule has 0 unspecified atom stereocenters. The Balaban J connectivity index is 1.88. The van der Waals surface area contributed by atoms with Crippen molar-refractivity contribution in [3.8, 4) is 0 Å². The second-order valence-electron chi connectivity index (χ2n) is 16.6. The van der Waals surface area contributed by atoms with Crippen LogP contribution in [-0.4, -0.2) is 56.2 Å². The van der Waals surface area contributed by atoms with Crippen LogP contribution < -0.4 is 10.4 Å². The smallest absolute Gasteiger partial charge is 0.344 e. The van der Waals surface area contributed by atoms with E-state index in [0.29, 0.717) is 13.2 Å². The first-order valence-corrected chi connectivity index (χ1v) is 23.9. The average molecular weight is 681 g/mol. The number of fused-ring (bicyclic) bond motifs is 1. The van der Waals surface area contributed by atoms with Crippen molar-refractivity contribution in [1.29, 1.82) is 0 Å². The summed E-state index contributed by atoms with van der Waals surface area (Å²) in [5, 5.41) is 2.44. The van der Waals surface area contributed by atoms with E-state index < -0.39 is 30.8 Å². The van der Waals surface area contributed by atoms with Crippen molar-refractivity contribution >= 4 is 35.6 Å². The molecule has 4 rings (SSSR count). The van der Waals surface area contributed by atoms with Gasteiger partial charge >= 0.3 is 8.56 Å². The van der Waals surface area contributed by atoms with Crippen LogP contribution in [0.15, 0.2) is 84.7 Å². The summed E-state index contributed by atoms with van der Waals surface area (Å²) in [6.45, 7) is 30.5. The Bertz CT molecular complexity index is 1310. The van der Waals surface area contributed by atoms with E-state index in [2.05, 4.69) is 162 Å². The van der Waals surface area contributed by atoms with Gasteiger partial charge in [0.1, 0.15) is 12.2 Å². The summed E-state index contributed by atoms with van der Waals surface area (Å²) in [5.41, 5.74) is 0.833. The maximum absolute atomic E-state index is 7.92. The van der Waals surface area contributed by atoms with Gasteiger partial charge in [0.05, 0.1) is 19.5 Å². The van der Waals surface area contributed by atoms with Gasteiger partial charge < -0.3 is 22.4 Å². The van der Waals surface area contributed by atoms with E-state index in [4.69, 9.17) is 22.4 Å². The summed E-state index contributed by atoms with van der Waals surface area (Å²) in [5.74, 6) is 0. The molecule has 2 heterocycles. The lowest BCUT2D eigenvalue weighted by molar-refractivity contribution is -0.172. The normalized spacial score (nSPS) is 24.2. The van der Waals surface area contributed by atoms with Crippen LogP contribution in [0.2, 0.25) is 34.3 Å². The number of ether oxygens (including phenoxy) is 1. The lowest BCUT2D eigenvalue weighted by Gasteiger charge is -2.56. The molecule has 2 aliphatic heterocycles. The van der Waals surface area contributed by atoms with E-state index >= 15 is 0 Å². The molecule has 0 spiro atoms. The fourth-order valence-electron chi connectivity index (χ4n) is 6.70. The maximum Gasteiger partial charge on any atom is 0.344 e. The van der Waals surface area contributed by atoms with Gasteiger partial charge in [0, 0.05) is 5.57 Å². The molecule has 0 aliphatic carbocycles. The van der Waals surface area contributed by atoms with Crippen molar-refractivity contribution in [2.75, 3.05) is 13.2 Å².